The zero-order valence-corrected chi connectivity index (χ0v) is 11.0. The maximum absolute atomic E-state index is 11.5. The van der Waals surface area contributed by atoms with E-state index in [-0.39, 0.29) is 0 Å². The van der Waals surface area contributed by atoms with Crippen molar-refractivity contribution in [2.45, 2.75) is 33.1 Å². The Balaban J connectivity index is 2.35. The van der Waals surface area contributed by atoms with Crippen molar-refractivity contribution in [3.8, 4) is 0 Å². The van der Waals surface area contributed by atoms with Crippen molar-refractivity contribution in [1.82, 2.24) is 5.32 Å². The molecule has 1 aromatic carbocycles. The van der Waals surface area contributed by atoms with Crippen molar-refractivity contribution in [3.63, 3.8) is 0 Å². The minimum absolute atomic E-state index is 0.550. The normalized spacial score (nSPS) is 9.89. The van der Waals surface area contributed by atoms with E-state index in [4.69, 9.17) is 0 Å². The Hall–Kier alpha value is -1.84. The van der Waals surface area contributed by atoms with E-state index >= 15 is 0 Å². The first-order valence-electron chi connectivity index (χ1n) is 6.29. The van der Waals surface area contributed by atoms with Gasteiger partial charge in [-0.15, -0.1) is 0 Å². The Bertz CT molecular complexity index is 399. The highest BCUT2D eigenvalue weighted by Crippen LogP contribution is 2.08. The molecule has 4 nitrogen and oxygen atoms in total. The quantitative estimate of drug-likeness (QED) is 0.620. The van der Waals surface area contributed by atoms with E-state index in [0.29, 0.717) is 12.2 Å². The van der Waals surface area contributed by atoms with Gasteiger partial charge in [-0.3, -0.25) is 9.59 Å². The second-order valence-corrected chi connectivity index (χ2v) is 4.28. The molecule has 0 bridgehead atoms. The fourth-order valence-corrected chi connectivity index (χ4v) is 1.48. The number of nitrogens with one attached hydrogen (secondary N) is 2. The van der Waals surface area contributed by atoms with Crippen molar-refractivity contribution in [2.75, 3.05) is 11.9 Å². The molecule has 0 heterocycles. The number of unbranched alkanes of at least 4 members (excludes halogenated alkanes) is 2. The number of amides is 2. The van der Waals surface area contributed by atoms with Crippen LogP contribution in [0.25, 0.3) is 0 Å². The monoisotopic (exact) mass is 248 g/mol. The van der Waals surface area contributed by atoms with Gasteiger partial charge in [-0.25, -0.2) is 0 Å². The summed E-state index contributed by atoms with van der Waals surface area (Å²) in [4.78, 5) is 23.0. The lowest BCUT2D eigenvalue weighted by Crippen LogP contribution is -2.35. The van der Waals surface area contributed by atoms with Gasteiger partial charge in [-0.1, -0.05) is 37.5 Å². The molecule has 0 atom stereocenters. The fraction of sp³-hybridized carbons (Fsp3) is 0.429. The van der Waals surface area contributed by atoms with Crippen LogP contribution in [0.5, 0.6) is 0 Å². The van der Waals surface area contributed by atoms with Crippen LogP contribution in [0.4, 0.5) is 5.69 Å². The molecule has 0 aromatic heterocycles. The molecule has 0 unspecified atom stereocenters. The van der Waals surface area contributed by atoms with Crippen LogP contribution in [-0.4, -0.2) is 18.4 Å². The molecule has 1 rings (SSSR count). The van der Waals surface area contributed by atoms with Gasteiger partial charge in [0.15, 0.2) is 0 Å². The number of anilines is 1. The lowest BCUT2D eigenvalue weighted by molar-refractivity contribution is -0.136. The molecule has 0 aliphatic rings. The predicted octanol–water partition coefficient (Wildman–Crippen LogP) is 2.24. The Morgan fingerprint density at radius 1 is 1.06 bits per heavy atom. The lowest BCUT2D eigenvalue weighted by atomic mass is 10.2. The molecular weight excluding hydrogens is 228 g/mol. The van der Waals surface area contributed by atoms with Crippen LogP contribution >= 0.6 is 0 Å². The van der Waals surface area contributed by atoms with Crippen molar-refractivity contribution in [2.24, 2.45) is 0 Å². The molecule has 2 N–H and O–H groups in total. The summed E-state index contributed by atoms with van der Waals surface area (Å²) in [6.45, 7) is 4.60. The molecule has 0 radical (unpaired) electrons. The fourth-order valence-electron chi connectivity index (χ4n) is 1.48. The minimum atomic E-state index is -0.615. The van der Waals surface area contributed by atoms with Gasteiger partial charge in [0.2, 0.25) is 0 Å². The van der Waals surface area contributed by atoms with E-state index in [1.165, 1.54) is 0 Å². The zero-order chi connectivity index (χ0) is 13.4. The topological polar surface area (TPSA) is 58.2 Å². The molecule has 0 saturated heterocycles. The van der Waals surface area contributed by atoms with E-state index in [0.717, 1.165) is 24.8 Å². The molecule has 0 aliphatic carbocycles. The largest absolute Gasteiger partial charge is 0.348 e. The summed E-state index contributed by atoms with van der Waals surface area (Å²) in [5.41, 5.74) is 1.74. The van der Waals surface area contributed by atoms with Gasteiger partial charge < -0.3 is 10.6 Å². The van der Waals surface area contributed by atoms with Gasteiger partial charge in [0.05, 0.1) is 0 Å². The molecule has 98 valence electrons. The summed E-state index contributed by atoms with van der Waals surface area (Å²) in [7, 11) is 0. The van der Waals surface area contributed by atoms with Crippen LogP contribution in [0.15, 0.2) is 24.3 Å². The van der Waals surface area contributed by atoms with Gasteiger partial charge in [-0.2, -0.15) is 0 Å². The van der Waals surface area contributed by atoms with Gasteiger partial charge in [0.25, 0.3) is 0 Å². The Morgan fingerprint density at radius 2 is 1.72 bits per heavy atom. The number of aryl methyl sites for hydroxylation is 1. The van der Waals surface area contributed by atoms with Gasteiger partial charge in [0.1, 0.15) is 0 Å². The molecule has 2 amide bonds. The zero-order valence-electron chi connectivity index (χ0n) is 11.0. The van der Waals surface area contributed by atoms with Gasteiger partial charge in [-0.05, 0) is 25.5 Å². The summed E-state index contributed by atoms with van der Waals surface area (Å²) in [5, 5.41) is 5.16. The first-order valence-corrected chi connectivity index (χ1v) is 6.29. The van der Waals surface area contributed by atoms with E-state index in [2.05, 4.69) is 17.6 Å². The van der Waals surface area contributed by atoms with Crippen molar-refractivity contribution in [3.05, 3.63) is 29.8 Å². The molecule has 0 aliphatic heterocycles. The van der Waals surface area contributed by atoms with Crippen LogP contribution < -0.4 is 10.6 Å². The van der Waals surface area contributed by atoms with Crippen LogP contribution in [0.2, 0.25) is 0 Å². The van der Waals surface area contributed by atoms with Crippen molar-refractivity contribution < 1.29 is 9.59 Å². The maximum Gasteiger partial charge on any atom is 0.313 e. The number of hydrogen-bond acceptors (Lipinski definition) is 2. The first kappa shape index (κ1) is 14.2. The minimum Gasteiger partial charge on any atom is -0.348 e. The van der Waals surface area contributed by atoms with E-state index in [1.54, 1.807) is 12.1 Å². The first-order chi connectivity index (χ1) is 8.63. The summed E-state index contributed by atoms with van der Waals surface area (Å²) in [5.74, 6) is -1.19. The third kappa shape index (κ3) is 4.99. The van der Waals surface area contributed by atoms with Gasteiger partial charge in [0, 0.05) is 12.2 Å². The molecular formula is C14H20N2O2. The summed E-state index contributed by atoms with van der Waals surface area (Å²) >= 11 is 0. The second kappa shape index (κ2) is 7.48. The SMILES string of the molecule is CCCCCNC(=O)C(=O)Nc1ccc(C)cc1. The smallest absolute Gasteiger partial charge is 0.313 e. The average molecular weight is 248 g/mol. The highest BCUT2D eigenvalue weighted by Gasteiger charge is 2.12. The molecule has 0 fully saturated rings. The highest BCUT2D eigenvalue weighted by molar-refractivity contribution is 6.39. The Morgan fingerprint density at radius 3 is 2.33 bits per heavy atom. The van der Waals surface area contributed by atoms with Crippen molar-refractivity contribution >= 4 is 17.5 Å². The standard InChI is InChI=1S/C14H20N2O2/c1-3-4-5-10-15-13(17)14(18)16-12-8-6-11(2)7-9-12/h6-9H,3-5,10H2,1-2H3,(H,15,17)(H,16,18). The van der Waals surface area contributed by atoms with E-state index in [1.807, 2.05) is 19.1 Å². The summed E-state index contributed by atoms with van der Waals surface area (Å²) < 4.78 is 0. The number of hydrogen-bond donors (Lipinski definition) is 2. The Kier molecular flexibility index (Phi) is 5.91. The second-order valence-electron chi connectivity index (χ2n) is 4.28. The number of benzene rings is 1. The molecule has 0 saturated carbocycles. The molecule has 1 aromatic rings. The van der Waals surface area contributed by atoms with Crippen molar-refractivity contribution in [1.29, 1.82) is 0 Å². The predicted molar refractivity (Wildman–Crippen MR) is 72.3 cm³/mol. The van der Waals surface area contributed by atoms with Crippen LogP contribution in [0.1, 0.15) is 31.7 Å². The molecule has 0 spiro atoms. The van der Waals surface area contributed by atoms with Gasteiger partial charge >= 0.3 is 11.8 Å². The number of rotatable bonds is 5. The van der Waals surface area contributed by atoms with Crippen LogP contribution in [-0.2, 0) is 9.59 Å². The van der Waals surface area contributed by atoms with Crippen LogP contribution in [0.3, 0.4) is 0 Å². The van der Waals surface area contributed by atoms with E-state index < -0.39 is 11.8 Å². The Labute approximate surface area is 108 Å². The third-order valence-corrected chi connectivity index (χ3v) is 2.58. The summed E-state index contributed by atoms with van der Waals surface area (Å²) in [6, 6.07) is 7.32. The summed E-state index contributed by atoms with van der Waals surface area (Å²) in [6.07, 6.45) is 3.05. The van der Waals surface area contributed by atoms with Crippen LogP contribution in [0, 0.1) is 6.92 Å². The molecule has 4 heteroatoms. The molecule has 18 heavy (non-hydrogen) atoms. The number of carbonyl (C=O) groups excluding carboxylic acids is 2. The lowest BCUT2D eigenvalue weighted by Gasteiger charge is -2.06. The maximum atomic E-state index is 11.5. The average Bonchev–Trinajstić information content (AvgIpc) is 2.37. The number of carbonyl (C=O) groups is 2. The highest BCUT2D eigenvalue weighted by atomic mass is 16.2. The van der Waals surface area contributed by atoms with E-state index in [9.17, 15) is 9.59 Å². The third-order valence-electron chi connectivity index (χ3n) is 2.58.